The average molecular weight is 388 g/mol. The fourth-order valence-corrected chi connectivity index (χ4v) is 2.96. The molecule has 0 N–H and O–H groups in total. The van der Waals surface area contributed by atoms with Gasteiger partial charge in [-0.05, 0) is 24.3 Å². The molecule has 0 fully saturated rings. The van der Waals surface area contributed by atoms with E-state index < -0.39 is 5.82 Å². The largest absolute Gasteiger partial charge is 0.288 e. The van der Waals surface area contributed by atoms with Crippen LogP contribution in [0.5, 0.6) is 0 Å². The Balaban J connectivity index is 2.18. The van der Waals surface area contributed by atoms with Crippen molar-refractivity contribution in [3.63, 3.8) is 0 Å². The standard InChI is InChI=1S/C18H15BrFN3O/c1-2-16-21-22-17(11-19)23(16)15-10-6-4-8-13(15)18(24)12-7-3-5-9-14(12)20/h3-10H,2,11H2,1H3. The molecule has 0 unspecified atom stereocenters. The summed E-state index contributed by atoms with van der Waals surface area (Å²) in [7, 11) is 0. The second kappa shape index (κ2) is 7.05. The van der Waals surface area contributed by atoms with Gasteiger partial charge in [-0.2, -0.15) is 0 Å². The van der Waals surface area contributed by atoms with Crippen molar-refractivity contribution < 1.29 is 9.18 Å². The van der Waals surface area contributed by atoms with Gasteiger partial charge in [-0.3, -0.25) is 9.36 Å². The van der Waals surface area contributed by atoms with Gasteiger partial charge < -0.3 is 0 Å². The first-order chi connectivity index (χ1) is 11.7. The van der Waals surface area contributed by atoms with Crippen LogP contribution in [0.2, 0.25) is 0 Å². The zero-order valence-electron chi connectivity index (χ0n) is 13.0. The van der Waals surface area contributed by atoms with E-state index in [2.05, 4.69) is 26.1 Å². The molecule has 0 aliphatic heterocycles. The Morgan fingerprint density at radius 1 is 1.04 bits per heavy atom. The third-order valence-electron chi connectivity index (χ3n) is 3.74. The second-order valence-corrected chi connectivity index (χ2v) is 5.74. The van der Waals surface area contributed by atoms with Crippen molar-refractivity contribution in [3.8, 4) is 5.69 Å². The molecule has 6 heteroatoms. The molecule has 1 heterocycles. The molecular formula is C18H15BrFN3O. The third kappa shape index (κ3) is 2.89. The van der Waals surface area contributed by atoms with E-state index in [1.807, 2.05) is 23.6 Å². The lowest BCUT2D eigenvalue weighted by Crippen LogP contribution is -2.12. The SMILES string of the molecule is CCc1nnc(CBr)n1-c1ccccc1C(=O)c1ccccc1F. The summed E-state index contributed by atoms with van der Waals surface area (Å²) < 4.78 is 15.9. The van der Waals surface area contributed by atoms with Gasteiger partial charge in [-0.1, -0.05) is 47.1 Å². The number of aryl methyl sites for hydroxylation is 1. The smallest absolute Gasteiger partial charge is 0.198 e. The summed E-state index contributed by atoms with van der Waals surface area (Å²) in [4.78, 5) is 12.9. The molecule has 3 aromatic rings. The van der Waals surface area contributed by atoms with Crippen LogP contribution in [-0.2, 0) is 11.8 Å². The number of carbonyl (C=O) groups excluding carboxylic acids is 1. The summed E-state index contributed by atoms with van der Waals surface area (Å²) in [5, 5.41) is 8.83. The van der Waals surface area contributed by atoms with Crippen molar-refractivity contribution in [1.29, 1.82) is 0 Å². The van der Waals surface area contributed by atoms with Crippen LogP contribution < -0.4 is 0 Å². The van der Waals surface area contributed by atoms with Gasteiger partial charge in [-0.15, -0.1) is 10.2 Å². The van der Waals surface area contributed by atoms with Gasteiger partial charge in [0.1, 0.15) is 17.5 Å². The van der Waals surface area contributed by atoms with E-state index in [1.54, 1.807) is 24.3 Å². The van der Waals surface area contributed by atoms with Crippen molar-refractivity contribution in [3.05, 3.63) is 77.1 Å². The van der Waals surface area contributed by atoms with E-state index in [4.69, 9.17) is 0 Å². The van der Waals surface area contributed by atoms with E-state index in [1.165, 1.54) is 12.1 Å². The van der Waals surface area contributed by atoms with E-state index in [0.717, 1.165) is 5.82 Å². The predicted molar refractivity (Wildman–Crippen MR) is 93.2 cm³/mol. The molecule has 0 amide bonds. The summed E-state index contributed by atoms with van der Waals surface area (Å²) >= 11 is 3.40. The molecule has 2 aromatic carbocycles. The molecule has 24 heavy (non-hydrogen) atoms. The van der Waals surface area contributed by atoms with E-state index in [-0.39, 0.29) is 11.3 Å². The Bertz CT molecular complexity index is 870. The zero-order valence-corrected chi connectivity index (χ0v) is 14.6. The van der Waals surface area contributed by atoms with E-state index in [9.17, 15) is 9.18 Å². The molecule has 0 saturated heterocycles. The van der Waals surface area contributed by atoms with Crippen molar-refractivity contribution in [1.82, 2.24) is 14.8 Å². The molecular weight excluding hydrogens is 373 g/mol. The first-order valence-electron chi connectivity index (χ1n) is 7.55. The van der Waals surface area contributed by atoms with Crippen LogP contribution in [0.1, 0.15) is 34.5 Å². The van der Waals surface area contributed by atoms with Crippen molar-refractivity contribution in [2.45, 2.75) is 18.7 Å². The third-order valence-corrected chi connectivity index (χ3v) is 4.24. The summed E-state index contributed by atoms with van der Waals surface area (Å²) in [6, 6.07) is 13.1. The Labute approximate surface area is 147 Å². The number of nitrogens with zero attached hydrogens (tertiary/aromatic N) is 3. The van der Waals surface area contributed by atoms with Crippen LogP contribution in [-0.4, -0.2) is 20.5 Å². The number of hydrogen-bond acceptors (Lipinski definition) is 3. The quantitative estimate of drug-likeness (QED) is 0.489. The normalized spacial score (nSPS) is 10.8. The van der Waals surface area contributed by atoms with E-state index >= 15 is 0 Å². The molecule has 0 aliphatic rings. The minimum atomic E-state index is -0.530. The summed E-state index contributed by atoms with van der Waals surface area (Å²) in [5.74, 6) is 0.552. The fraction of sp³-hybridized carbons (Fsp3) is 0.167. The van der Waals surface area contributed by atoms with Gasteiger partial charge in [0.2, 0.25) is 0 Å². The van der Waals surface area contributed by atoms with Crippen molar-refractivity contribution in [2.24, 2.45) is 0 Å². The number of benzene rings is 2. The molecule has 0 saturated carbocycles. The number of hydrogen-bond donors (Lipinski definition) is 0. The average Bonchev–Trinajstić information content (AvgIpc) is 3.04. The lowest BCUT2D eigenvalue weighted by Gasteiger charge is -2.13. The molecule has 0 radical (unpaired) electrons. The van der Waals surface area contributed by atoms with Crippen LogP contribution in [0, 0.1) is 5.82 Å². The maximum absolute atomic E-state index is 14.0. The topological polar surface area (TPSA) is 47.8 Å². The van der Waals surface area contributed by atoms with Crippen LogP contribution in [0.3, 0.4) is 0 Å². The molecule has 0 atom stereocenters. The monoisotopic (exact) mass is 387 g/mol. The number of rotatable bonds is 5. The number of alkyl halides is 1. The summed E-state index contributed by atoms with van der Waals surface area (Å²) in [6.07, 6.45) is 0.669. The Morgan fingerprint density at radius 3 is 2.33 bits per heavy atom. The molecule has 0 bridgehead atoms. The first-order valence-corrected chi connectivity index (χ1v) is 8.67. The molecule has 4 nitrogen and oxygen atoms in total. The van der Waals surface area contributed by atoms with Gasteiger partial charge in [0.05, 0.1) is 16.6 Å². The molecule has 0 spiro atoms. The molecule has 122 valence electrons. The number of halogens is 2. The van der Waals surface area contributed by atoms with Crippen molar-refractivity contribution in [2.75, 3.05) is 0 Å². The number of aromatic nitrogens is 3. The lowest BCUT2D eigenvalue weighted by atomic mass is 10.0. The fourth-order valence-electron chi connectivity index (χ4n) is 2.60. The predicted octanol–water partition coefficient (Wildman–Crippen LogP) is 4.09. The zero-order chi connectivity index (χ0) is 17.1. The maximum Gasteiger partial charge on any atom is 0.198 e. The Morgan fingerprint density at radius 2 is 1.67 bits per heavy atom. The Hall–Kier alpha value is -2.34. The number of para-hydroxylation sites is 1. The van der Waals surface area contributed by atoms with Crippen LogP contribution in [0.25, 0.3) is 5.69 Å². The van der Waals surface area contributed by atoms with Gasteiger partial charge in [0.25, 0.3) is 0 Å². The van der Waals surface area contributed by atoms with Crippen LogP contribution >= 0.6 is 15.9 Å². The van der Waals surface area contributed by atoms with Crippen LogP contribution in [0.4, 0.5) is 4.39 Å². The molecule has 3 rings (SSSR count). The van der Waals surface area contributed by atoms with Gasteiger partial charge in [0, 0.05) is 12.0 Å². The molecule has 0 aliphatic carbocycles. The van der Waals surface area contributed by atoms with Gasteiger partial charge in [-0.25, -0.2) is 4.39 Å². The highest BCUT2D eigenvalue weighted by molar-refractivity contribution is 9.08. The highest BCUT2D eigenvalue weighted by atomic mass is 79.9. The van der Waals surface area contributed by atoms with Gasteiger partial charge >= 0.3 is 0 Å². The minimum Gasteiger partial charge on any atom is -0.288 e. The second-order valence-electron chi connectivity index (χ2n) is 5.18. The lowest BCUT2D eigenvalue weighted by molar-refractivity contribution is 0.103. The summed E-state index contributed by atoms with van der Waals surface area (Å²) in [5.41, 5.74) is 1.12. The minimum absolute atomic E-state index is 0.0523. The van der Waals surface area contributed by atoms with Crippen LogP contribution in [0.15, 0.2) is 48.5 Å². The van der Waals surface area contributed by atoms with Gasteiger partial charge in [0.15, 0.2) is 5.78 Å². The summed E-state index contributed by atoms with van der Waals surface area (Å²) in [6.45, 7) is 1.97. The highest BCUT2D eigenvalue weighted by Gasteiger charge is 2.20. The highest BCUT2D eigenvalue weighted by Crippen LogP contribution is 2.23. The number of carbonyl (C=O) groups is 1. The van der Waals surface area contributed by atoms with E-state index in [0.29, 0.717) is 28.8 Å². The maximum atomic E-state index is 14.0. The Kier molecular flexibility index (Phi) is 4.85. The number of ketones is 1. The first kappa shape index (κ1) is 16.5. The molecule has 1 aromatic heterocycles. The van der Waals surface area contributed by atoms with Crippen molar-refractivity contribution >= 4 is 21.7 Å².